The van der Waals surface area contributed by atoms with E-state index in [0.29, 0.717) is 50.4 Å². The summed E-state index contributed by atoms with van der Waals surface area (Å²) in [7, 11) is 0. The van der Waals surface area contributed by atoms with Gasteiger partial charge in [0.15, 0.2) is 0 Å². The maximum atomic E-state index is 6.39. The number of hydrogen-bond donors (Lipinski definition) is 3. The number of benzene rings is 4. The van der Waals surface area contributed by atoms with Crippen LogP contribution in [0.3, 0.4) is 0 Å². The van der Waals surface area contributed by atoms with Crippen LogP contribution in [-0.2, 0) is 18.9 Å². The smallest absolute Gasteiger partial charge is 0.412 e. The van der Waals surface area contributed by atoms with Gasteiger partial charge in [0, 0.05) is 45.4 Å². The van der Waals surface area contributed by atoms with Crippen LogP contribution >= 0.6 is 0 Å². The molecule has 368 valence electrons. The van der Waals surface area contributed by atoms with E-state index in [1.165, 1.54) is 0 Å². The summed E-state index contributed by atoms with van der Waals surface area (Å²) in [6, 6.07) is 25.0. The van der Waals surface area contributed by atoms with E-state index in [1.807, 2.05) is 92.8 Å². The summed E-state index contributed by atoms with van der Waals surface area (Å²) < 4.78 is 37.6. The molecule has 0 bridgehead atoms. The van der Waals surface area contributed by atoms with Crippen LogP contribution in [0.5, 0.6) is 6.01 Å². The zero-order chi connectivity index (χ0) is 49.4. The first kappa shape index (κ1) is 52.2. The van der Waals surface area contributed by atoms with Crippen molar-refractivity contribution in [1.29, 1.82) is 0 Å². The van der Waals surface area contributed by atoms with Crippen molar-refractivity contribution in [1.82, 2.24) is 30.2 Å². The molecule has 0 saturated heterocycles. The van der Waals surface area contributed by atoms with Gasteiger partial charge in [0.1, 0.15) is 17.0 Å². The molecule has 15 heteroatoms. The molecule has 0 saturated carbocycles. The Bertz CT molecular complexity index is 3140. The zero-order valence-corrected chi connectivity index (χ0v) is 41.4. The van der Waals surface area contributed by atoms with Crippen LogP contribution in [0.2, 0.25) is 0 Å². The molecule has 0 atom stereocenters. The number of nitrogens with zero attached hydrogens (tertiary/aromatic N) is 5. The molecule has 15 nitrogen and oxygen atoms in total. The first-order valence-electron chi connectivity index (χ1n) is 23.2. The molecular formula is C55H66N8O7. The maximum absolute atomic E-state index is 6.39. The second-order valence-corrected chi connectivity index (χ2v) is 16.2. The number of fused-ring (bicyclic) bond motifs is 3. The van der Waals surface area contributed by atoms with Crippen molar-refractivity contribution in [2.75, 3.05) is 44.5 Å². The number of ether oxygens (including phenoxy) is 5. The standard InChI is InChI=1S/C24H22N4O2.C21H20N4O.C9H20O4.CH4/c1-5-29-24-26-20-12-16(22-14(3)28-30-15(22)4)11-18(23(20)27-24)21-13(2)8-9-19-17(21)7-6-10-25-19;1-11-6-7-18-15(5-4-8-24-18)19(11)16-9-14(10-17(22)21(16)23)20-12(2)25-26-13(20)3;1-5-10-9(11-6-2,12-7-3)13-8-4;/h6-12H,5H2,1-4H3,(H,26,27);4-10H,22-23H2,1-3H3;5-8H2,1-4H3;1H4. The number of aromatic amines is 1. The Balaban J connectivity index is 0.000000184. The fraction of sp³-hybridized carbons (Fsp3) is 0.327. The molecule has 9 rings (SSSR count). The highest BCUT2D eigenvalue weighted by molar-refractivity contribution is 6.06. The van der Waals surface area contributed by atoms with Gasteiger partial charge >= 0.3 is 6.16 Å². The molecule has 5 N–H and O–H groups in total. The van der Waals surface area contributed by atoms with Gasteiger partial charge in [-0.3, -0.25) is 9.97 Å². The number of pyridine rings is 2. The summed E-state index contributed by atoms with van der Waals surface area (Å²) in [6.07, 6.45) is 2.31. The topological polar surface area (TPSA) is 205 Å². The number of H-pyrrole nitrogens is 1. The van der Waals surface area contributed by atoms with Crippen molar-refractivity contribution in [3.63, 3.8) is 0 Å². The van der Waals surface area contributed by atoms with E-state index in [0.717, 1.165) is 111 Å². The van der Waals surface area contributed by atoms with Crippen molar-refractivity contribution in [2.45, 2.75) is 89.7 Å². The largest absolute Gasteiger partial charge is 0.465 e. The summed E-state index contributed by atoms with van der Waals surface area (Å²) >= 11 is 0. The molecule has 9 aromatic rings. The van der Waals surface area contributed by atoms with Crippen LogP contribution in [0.4, 0.5) is 11.4 Å². The molecule has 0 spiro atoms. The third-order valence-corrected chi connectivity index (χ3v) is 11.5. The van der Waals surface area contributed by atoms with Gasteiger partial charge in [0.25, 0.3) is 6.01 Å². The second kappa shape index (κ2) is 23.0. The maximum Gasteiger partial charge on any atom is 0.412 e. The monoisotopic (exact) mass is 951 g/mol. The van der Waals surface area contributed by atoms with E-state index in [-0.39, 0.29) is 7.43 Å². The molecule has 0 fully saturated rings. The summed E-state index contributed by atoms with van der Waals surface area (Å²) in [6.45, 7) is 23.8. The SMILES string of the molecule is C.CCOC(OCC)(OCC)OCC.CCOc1nc2c(-c3c(C)ccc4ncccc34)cc(-c3c(C)noc3C)cc2[nH]1.Cc1ccc2ncccc2c1-c1cc(-c2c(C)noc2C)cc(N)c1N. The first-order valence-corrected chi connectivity index (χ1v) is 23.2. The van der Waals surface area contributed by atoms with E-state index in [9.17, 15) is 0 Å². The number of aromatic nitrogens is 6. The fourth-order valence-electron chi connectivity index (χ4n) is 8.65. The third kappa shape index (κ3) is 10.8. The average Bonchev–Trinajstić information content (AvgIpc) is 4.01. The lowest BCUT2D eigenvalue weighted by Gasteiger charge is -2.30. The van der Waals surface area contributed by atoms with Crippen LogP contribution < -0.4 is 16.2 Å². The first-order chi connectivity index (χ1) is 33.3. The van der Waals surface area contributed by atoms with Crippen molar-refractivity contribution in [2.24, 2.45) is 0 Å². The third-order valence-electron chi connectivity index (χ3n) is 11.5. The van der Waals surface area contributed by atoms with Gasteiger partial charge in [-0.05, 0) is 158 Å². The van der Waals surface area contributed by atoms with Gasteiger partial charge < -0.3 is 49.2 Å². The Morgan fingerprint density at radius 3 is 1.50 bits per heavy atom. The molecule has 70 heavy (non-hydrogen) atoms. The zero-order valence-electron chi connectivity index (χ0n) is 41.4. The highest BCUT2D eigenvalue weighted by Crippen LogP contribution is 2.42. The minimum atomic E-state index is -1.30. The highest BCUT2D eigenvalue weighted by Gasteiger charge is 2.33. The highest BCUT2D eigenvalue weighted by atomic mass is 17.0. The molecule has 4 aromatic carbocycles. The lowest BCUT2D eigenvalue weighted by atomic mass is 9.91. The van der Waals surface area contributed by atoms with Crippen LogP contribution in [0, 0.1) is 41.5 Å². The Labute approximate surface area is 409 Å². The van der Waals surface area contributed by atoms with E-state index in [2.05, 4.69) is 87.6 Å². The molecule has 0 radical (unpaired) electrons. The number of aryl methyl sites for hydroxylation is 6. The van der Waals surface area contributed by atoms with Gasteiger partial charge in [-0.1, -0.05) is 42.0 Å². The molecule has 5 aromatic heterocycles. The van der Waals surface area contributed by atoms with Crippen LogP contribution in [0.1, 0.15) is 76.1 Å². The Hall–Kier alpha value is -7.17. The van der Waals surface area contributed by atoms with Gasteiger partial charge in [-0.2, -0.15) is 4.98 Å². The minimum Gasteiger partial charge on any atom is -0.465 e. The quantitative estimate of drug-likeness (QED) is 0.0685. The van der Waals surface area contributed by atoms with E-state index in [4.69, 9.17) is 49.2 Å². The van der Waals surface area contributed by atoms with E-state index >= 15 is 0 Å². The Morgan fingerprint density at radius 1 is 0.571 bits per heavy atom. The second-order valence-electron chi connectivity index (χ2n) is 16.2. The van der Waals surface area contributed by atoms with Crippen molar-refractivity contribution < 1.29 is 32.7 Å². The molecule has 0 aliphatic rings. The average molecular weight is 951 g/mol. The van der Waals surface area contributed by atoms with Gasteiger partial charge in [0.2, 0.25) is 0 Å². The number of nitrogens with two attached hydrogens (primary N) is 2. The molecule has 0 unspecified atom stereocenters. The predicted octanol–water partition coefficient (Wildman–Crippen LogP) is 12.8. The number of nitrogens with one attached hydrogen (secondary N) is 1. The lowest BCUT2D eigenvalue weighted by Crippen LogP contribution is -2.42. The fourth-order valence-corrected chi connectivity index (χ4v) is 8.65. The van der Waals surface area contributed by atoms with Crippen molar-refractivity contribution in [3.05, 3.63) is 119 Å². The van der Waals surface area contributed by atoms with E-state index < -0.39 is 6.16 Å². The van der Waals surface area contributed by atoms with Gasteiger partial charge in [-0.25, -0.2) is 0 Å². The Kier molecular flexibility index (Phi) is 17.1. The van der Waals surface area contributed by atoms with Crippen LogP contribution in [0.25, 0.3) is 77.3 Å². The van der Waals surface area contributed by atoms with Gasteiger partial charge in [0.05, 0.1) is 72.3 Å². The number of anilines is 2. The molecule has 5 heterocycles. The Morgan fingerprint density at radius 2 is 1.04 bits per heavy atom. The van der Waals surface area contributed by atoms with Crippen molar-refractivity contribution >= 4 is 44.2 Å². The molecular weight excluding hydrogens is 885 g/mol. The number of hydrogen-bond acceptors (Lipinski definition) is 14. The normalized spacial score (nSPS) is 11.3. The van der Waals surface area contributed by atoms with Gasteiger partial charge in [-0.15, -0.1) is 0 Å². The number of imidazole rings is 1. The summed E-state index contributed by atoms with van der Waals surface area (Å²) in [5.41, 5.74) is 29.4. The summed E-state index contributed by atoms with van der Waals surface area (Å²) in [5.74, 6) is 1.55. The molecule has 0 amide bonds. The summed E-state index contributed by atoms with van der Waals surface area (Å²) in [4.78, 5) is 17.1. The number of nitrogen functional groups attached to an aromatic ring is 2. The number of rotatable bonds is 14. The minimum absolute atomic E-state index is 0. The van der Waals surface area contributed by atoms with Crippen LogP contribution in [0.15, 0.2) is 94.2 Å². The predicted molar refractivity (Wildman–Crippen MR) is 279 cm³/mol. The molecule has 0 aliphatic carbocycles. The molecule has 0 aliphatic heterocycles. The van der Waals surface area contributed by atoms with E-state index in [1.54, 1.807) is 6.20 Å². The van der Waals surface area contributed by atoms with Crippen LogP contribution in [-0.4, -0.2) is 69.4 Å². The van der Waals surface area contributed by atoms with Crippen molar-refractivity contribution in [3.8, 4) is 50.5 Å². The lowest BCUT2D eigenvalue weighted by molar-refractivity contribution is -0.495. The summed E-state index contributed by atoms with van der Waals surface area (Å²) in [5, 5.41) is 10.3.